The Kier molecular flexibility index (Phi) is 5.35. The molecule has 0 radical (unpaired) electrons. The van der Waals surface area contributed by atoms with E-state index in [0.29, 0.717) is 22.1 Å². The van der Waals surface area contributed by atoms with Gasteiger partial charge in [0.25, 0.3) is 0 Å². The Morgan fingerprint density at radius 1 is 1.08 bits per heavy atom. The monoisotopic (exact) mass is 362 g/mol. The predicted molar refractivity (Wildman–Crippen MR) is 105 cm³/mol. The first-order valence-electron chi connectivity index (χ1n) is 8.01. The lowest BCUT2D eigenvalue weighted by Crippen LogP contribution is -1.91. The van der Waals surface area contributed by atoms with Gasteiger partial charge in [0, 0.05) is 10.9 Å². The molecule has 26 heavy (non-hydrogen) atoms. The van der Waals surface area contributed by atoms with Crippen LogP contribution in [0, 0.1) is 18.3 Å². The summed E-state index contributed by atoms with van der Waals surface area (Å²) in [4.78, 5) is 4.63. The molecular weight excluding hydrogens is 344 g/mol. The largest absolute Gasteiger partial charge is 0.493 e. The first-order chi connectivity index (χ1) is 12.6. The molecule has 1 aromatic heterocycles. The number of benzene rings is 2. The summed E-state index contributed by atoms with van der Waals surface area (Å²) in [5.74, 6) is 1.32. The topological polar surface area (TPSA) is 55.1 Å². The molecular formula is C21H18N2O2S. The molecule has 130 valence electrons. The van der Waals surface area contributed by atoms with Crippen molar-refractivity contribution in [2.45, 2.75) is 6.92 Å². The predicted octanol–water partition coefficient (Wildman–Crippen LogP) is 5.20. The van der Waals surface area contributed by atoms with Crippen LogP contribution < -0.4 is 9.47 Å². The first kappa shape index (κ1) is 17.7. The van der Waals surface area contributed by atoms with Crippen LogP contribution in [0.15, 0.2) is 47.8 Å². The zero-order chi connectivity index (χ0) is 18.5. The van der Waals surface area contributed by atoms with Crippen molar-refractivity contribution in [3.05, 3.63) is 64.0 Å². The maximum atomic E-state index is 9.54. The SMILES string of the molecule is COc1ccc(-c2csc(/C(C#N)=C/c3ccc(C)cc3)n2)cc1OC. The molecule has 5 heteroatoms. The lowest BCUT2D eigenvalue weighted by atomic mass is 10.1. The summed E-state index contributed by atoms with van der Waals surface area (Å²) in [5.41, 5.74) is 4.43. The minimum Gasteiger partial charge on any atom is -0.493 e. The highest BCUT2D eigenvalue weighted by Crippen LogP contribution is 2.33. The van der Waals surface area contributed by atoms with Gasteiger partial charge in [-0.25, -0.2) is 4.98 Å². The standard InChI is InChI=1S/C21H18N2O2S/c1-14-4-6-15(7-5-14)10-17(12-22)21-23-18(13-26-21)16-8-9-19(24-2)20(11-16)25-3/h4-11,13H,1-3H3/b17-10+. The second kappa shape index (κ2) is 7.85. The molecule has 0 amide bonds. The second-order valence-electron chi connectivity index (χ2n) is 5.69. The summed E-state index contributed by atoms with van der Waals surface area (Å²) in [5, 5.41) is 12.2. The summed E-state index contributed by atoms with van der Waals surface area (Å²) < 4.78 is 10.6. The minimum absolute atomic E-state index is 0.547. The second-order valence-corrected chi connectivity index (χ2v) is 6.55. The van der Waals surface area contributed by atoms with E-state index in [1.54, 1.807) is 14.2 Å². The van der Waals surface area contributed by atoms with E-state index in [0.717, 1.165) is 16.8 Å². The molecule has 0 saturated heterocycles. The summed E-state index contributed by atoms with van der Waals surface area (Å²) in [6.45, 7) is 2.04. The van der Waals surface area contributed by atoms with E-state index < -0.39 is 0 Å². The van der Waals surface area contributed by atoms with Gasteiger partial charge in [-0.3, -0.25) is 0 Å². The third kappa shape index (κ3) is 3.76. The number of hydrogen-bond acceptors (Lipinski definition) is 5. The highest BCUT2D eigenvalue weighted by atomic mass is 32.1. The van der Waals surface area contributed by atoms with Crippen molar-refractivity contribution in [3.63, 3.8) is 0 Å². The summed E-state index contributed by atoms with van der Waals surface area (Å²) >= 11 is 1.45. The number of ether oxygens (including phenoxy) is 2. The first-order valence-corrected chi connectivity index (χ1v) is 8.89. The number of methoxy groups -OCH3 is 2. The molecule has 0 aliphatic rings. The minimum atomic E-state index is 0.547. The average Bonchev–Trinajstić information content (AvgIpc) is 3.17. The smallest absolute Gasteiger partial charge is 0.161 e. The van der Waals surface area contributed by atoms with Crippen molar-refractivity contribution in [3.8, 4) is 28.8 Å². The number of nitriles is 1. The summed E-state index contributed by atoms with van der Waals surface area (Å²) in [7, 11) is 3.21. The van der Waals surface area contributed by atoms with Crippen LogP contribution in [-0.2, 0) is 0 Å². The Morgan fingerprint density at radius 3 is 2.46 bits per heavy atom. The fourth-order valence-electron chi connectivity index (χ4n) is 2.50. The molecule has 1 heterocycles. The van der Waals surface area contributed by atoms with Crippen molar-refractivity contribution in [1.29, 1.82) is 5.26 Å². The fourth-order valence-corrected chi connectivity index (χ4v) is 3.29. The van der Waals surface area contributed by atoms with Crippen LogP contribution in [0.1, 0.15) is 16.1 Å². The molecule has 0 aliphatic carbocycles. The molecule has 2 aromatic carbocycles. The molecule has 4 nitrogen and oxygen atoms in total. The number of allylic oxidation sites excluding steroid dienone is 1. The van der Waals surface area contributed by atoms with Crippen molar-refractivity contribution >= 4 is 23.0 Å². The Balaban J connectivity index is 1.93. The van der Waals surface area contributed by atoms with Gasteiger partial charge in [0.15, 0.2) is 11.5 Å². The van der Waals surface area contributed by atoms with Crippen LogP contribution in [0.25, 0.3) is 22.9 Å². The molecule has 0 N–H and O–H groups in total. The van der Waals surface area contributed by atoms with Gasteiger partial charge < -0.3 is 9.47 Å². The lowest BCUT2D eigenvalue weighted by Gasteiger charge is -2.08. The van der Waals surface area contributed by atoms with E-state index in [4.69, 9.17) is 9.47 Å². The van der Waals surface area contributed by atoms with Crippen LogP contribution in [0.5, 0.6) is 11.5 Å². The molecule has 0 fully saturated rings. The van der Waals surface area contributed by atoms with Crippen LogP contribution in [0.4, 0.5) is 0 Å². The molecule has 0 saturated carbocycles. The van der Waals surface area contributed by atoms with Crippen LogP contribution in [0.3, 0.4) is 0 Å². The highest BCUT2D eigenvalue weighted by Gasteiger charge is 2.11. The Bertz CT molecular complexity index is 982. The number of hydrogen-bond donors (Lipinski definition) is 0. The molecule has 0 bridgehead atoms. The number of nitrogens with zero attached hydrogens (tertiary/aromatic N) is 2. The zero-order valence-corrected chi connectivity index (χ0v) is 15.6. The fraction of sp³-hybridized carbons (Fsp3) is 0.143. The summed E-state index contributed by atoms with van der Waals surface area (Å²) in [6, 6.07) is 16.0. The van der Waals surface area contributed by atoms with Crippen LogP contribution in [0.2, 0.25) is 0 Å². The quantitative estimate of drug-likeness (QED) is 0.585. The number of aryl methyl sites for hydroxylation is 1. The summed E-state index contributed by atoms with van der Waals surface area (Å²) in [6.07, 6.45) is 1.86. The lowest BCUT2D eigenvalue weighted by molar-refractivity contribution is 0.355. The van der Waals surface area contributed by atoms with Gasteiger partial charge in [0.2, 0.25) is 0 Å². The van der Waals surface area contributed by atoms with Gasteiger partial charge in [-0.2, -0.15) is 5.26 Å². The van der Waals surface area contributed by atoms with E-state index in [-0.39, 0.29) is 0 Å². The number of aromatic nitrogens is 1. The van der Waals surface area contributed by atoms with E-state index in [2.05, 4.69) is 11.1 Å². The molecule has 0 aliphatic heterocycles. The van der Waals surface area contributed by atoms with Crippen molar-refractivity contribution in [1.82, 2.24) is 4.98 Å². The van der Waals surface area contributed by atoms with E-state index in [1.807, 2.05) is 60.8 Å². The van der Waals surface area contributed by atoms with Crippen molar-refractivity contribution in [2.75, 3.05) is 14.2 Å². The number of thiazole rings is 1. The highest BCUT2D eigenvalue weighted by molar-refractivity contribution is 7.11. The van der Waals surface area contributed by atoms with Crippen molar-refractivity contribution in [2.24, 2.45) is 0 Å². The third-order valence-corrected chi connectivity index (χ3v) is 4.80. The van der Waals surface area contributed by atoms with Gasteiger partial charge in [0.05, 0.1) is 25.5 Å². The van der Waals surface area contributed by atoms with E-state index in [9.17, 15) is 5.26 Å². The molecule has 0 atom stereocenters. The van der Waals surface area contributed by atoms with Crippen LogP contribution in [-0.4, -0.2) is 19.2 Å². The van der Waals surface area contributed by atoms with Gasteiger partial charge in [-0.15, -0.1) is 11.3 Å². The Hall–Kier alpha value is -3.10. The average molecular weight is 362 g/mol. The third-order valence-electron chi connectivity index (χ3n) is 3.92. The van der Waals surface area contributed by atoms with Gasteiger partial charge in [-0.05, 0) is 36.8 Å². The molecule has 0 spiro atoms. The Morgan fingerprint density at radius 2 is 1.81 bits per heavy atom. The number of rotatable bonds is 5. The van der Waals surface area contributed by atoms with Gasteiger partial charge in [0.1, 0.15) is 11.1 Å². The molecule has 3 rings (SSSR count). The maximum absolute atomic E-state index is 9.54. The molecule has 0 unspecified atom stereocenters. The normalized spacial score (nSPS) is 11.1. The maximum Gasteiger partial charge on any atom is 0.161 e. The van der Waals surface area contributed by atoms with Gasteiger partial charge in [-0.1, -0.05) is 29.8 Å². The van der Waals surface area contributed by atoms with Gasteiger partial charge >= 0.3 is 0 Å². The van der Waals surface area contributed by atoms with Crippen molar-refractivity contribution < 1.29 is 9.47 Å². The zero-order valence-electron chi connectivity index (χ0n) is 14.8. The van der Waals surface area contributed by atoms with Crippen LogP contribution >= 0.6 is 11.3 Å². The van der Waals surface area contributed by atoms with E-state index >= 15 is 0 Å². The molecule has 3 aromatic rings. The Labute approximate surface area is 157 Å². The van der Waals surface area contributed by atoms with E-state index in [1.165, 1.54) is 16.9 Å².